The molecule has 3 rings (SSSR count). The Morgan fingerprint density at radius 3 is 1.88 bits per heavy atom. The maximum absolute atomic E-state index is 12.0. The molecule has 4 nitrogen and oxygen atoms in total. The van der Waals surface area contributed by atoms with Gasteiger partial charge in [-0.3, -0.25) is 0 Å². The summed E-state index contributed by atoms with van der Waals surface area (Å²) in [5.74, 6) is 0. The van der Waals surface area contributed by atoms with Crippen LogP contribution in [0.2, 0.25) is 0 Å². The Hall–Kier alpha value is -2.92. The highest BCUT2D eigenvalue weighted by Crippen LogP contribution is 2.18. The van der Waals surface area contributed by atoms with Crippen LogP contribution in [0.25, 0.3) is 11.1 Å². The van der Waals surface area contributed by atoms with Gasteiger partial charge in [-0.15, -0.1) is 0 Å². The summed E-state index contributed by atoms with van der Waals surface area (Å²) in [7, 11) is -3.63. The van der Waals surface area contributed by atoms with Crippen molar-refractivity contribution in [3.63, 3.8) is 0 Å². The molecule has 1 N–H and O–H groups in total. The zero-order valence-corrected chi connectivity index (χ0v) is 13.6. The summed E-state index contributed by atoms with van der Waals surface area (Å²) in [6.45, 7) is 0. The Labute approximate surface area is 141 Å². The van der Waals surface area contributed by atoms with Crippen molar-refractivity contribution < 1.29 is 8.42 Å². The average molecular weight is 336 g/mol. The first-order valence-corrected chi connectivity index (χ1v) is 8.89. The topological polar surface area (TPSA) is 58.5 Å². The van der Waals surface area contributed by atoms with Gasteiger partial charge in [-0.05, 0) is 28.8 Å². The number of rotatable bonds is 5. The number of hydrogen-bond acceptors (Lipinski definition) is 3. The molecule has 120 valence electrons. The van der Waals surface area contributed by atoms with E-state index in [-0.39, 0.29) is 4.90 Å². The first-order valence-electron chi connectivity index (χ1n) is 7.40. The lowest BCUT2D eigenvalue weighted by Gasteiger charge is -2.03. The van der Waals surface area contributed by atoms with E-state index in [1.807, 2.05) is 54.6 Å². The summed E-state index contributed by atoms with van der Waals surface area (Å²) in [6.07, 6.45) is 1.48. The number of nitrogens with zero attached hydrogens (tertiary/aromatic N) is 1. The van der Waals surface area contributed by atoms with Crippen LogP contribution in [0.15, 0.2) is 94.9 Å². The average Bonchev–Trinajstić information content (AvgIpc) is 2.64. The Morgan fingerprint density at radius 1 is 0.708 bits per heavy atom. The van der Waals surface area contributed by atoms with Crippen LogP contribution in [0.1, 0.15) is 5.56 Å². The lowest BCUT2D eigenvalue weighted by molar-refractivity contribution is 0.584. The van der Waals surface area contributed by atoms with Crippen molar-refractivity contribution in [2.75, 3.05) is 0 Å². The van der Waals surface area contributed by atoms with Gasteiger partial charge in [0.15, 0.2) is 0 Å². The van der Waals surface area contributed by atoms with Crippen molar-refractivity contribution in [1.82, 2.24) is 4.83 Å². The highest BCUT2D eigenvalue weighted by atomic mass is 32.2. The molecule has 0 heterocycles. The second-order valence-electron chi connectivity index (χ2n) is 5.15. The third-order valence-electron chi connectivity index (χ3n) is 3.46. The Morgan fingerprint density at radius 2 is 1.25 bits per heavy atom. The molecule has 0 aliphatic carbocycles. The molecule has 0 aliphatic rings. The minimum absolute atomic E-state index is 0.182. The van der Waals surface area contributed by atoms with Crippen LogP contribution in [-0.2, 0) is 10.0 Å². The van der Waals surface area contributed by atoms with E-state index in [9.17, 15) is 8.42 Å². The predicted octanol–water partition coefficient (Wildman–Crippen LogP) is 3.67. The summed E-state index contributed by atoms with van der Waals surface area (Å²) >= 11 is 0. The molecule has 0 unspecified atom stereocenters. The molecule has 0 radical (unpaired) electrons. The van der Waals surface area contributed by atoms with Crippen molar-refractivity contribution >= 4 is 16.2 Å². The van der Waals surface area contributed by atoms with Crippen LogP contribution in [0.5, 0.6) is 0 Å². The maximum Gasteiger partial charge on any atom is 0.276 e. The molecule has 0 saturated carbocycles. The van der Waals surface area contributed by atoms with Crippen molar-refractivity contribution in [2.24, 2.45) is 5.10 Å². The standard InChI is InChI=1S/C19H16N2O2S/c22-24(23,19-9-5-2-6-10-19)21-20-15-16-11-13-18(14-12-16)17-7-3-1-4-8-17/h1-15,21H. The monoisotopic (exact) mass is 336 g/mol. The number of hydrazone groups is 1. The molecule has 0 saturated heterocycles. The summed E-state index contributed by atoms with van der Waals surface area (Å²) in [6, 6.07) is 25.9. The number of benzene rings is 3. The number of sulfonamides is 1. The van der Waals surface area contributed by atoms with E-state index >= 15 is 0 Å². The Bertz CT molecular complexity index is 920. The molecular formula is C19H16N2O2S. The van der Waals surface area contributed by atoms with E-state index in [4.69, 9.17) is 0 Å². The molecule has 0 atom stereocenters. The van der Waals surface area contributed by atoms with Gasteiger partial charge in [0.2, 0.25) is 0 Å². The van der Waals surface area contributed by atoms with Gasteiger partial charge in [0.25, 0.3) is 10.0 Å². The molecule has 0 fully saturated rings. The molecule has 0 aliphatic heterocycles. The van der Waals surface area contributed by atoms with Gasteiger partial charge in [-0.25, -0.2) is 4.83 Å². The summed E-state index contributed by atoms with van der Waals surface area (Å²) in [5.41, 5.74) is 3.04. The molecule has 3 aromatic rings. The predicted molar refractivity (Wildman–Crippen MR) is 96.2 cm³/mol. The minimum atomic E-state index is -3.63. The Balaban J connectivity index is 1.69. The fourth-order valence-corrected chi connectivity index (χ4v) is 3.03. The molecule has 0 amide bonds. The number of hydrogen-bond donors (Lipinski definition) is 1. The Kier molecular flexibility index (Phi) is 4.72. The fourth-order valence-electron chi connectivity index (χ4n) is 2.21. The van der Waals surface area contributed by atoms with Crippen LogP contribution in [0, 0.1) is 0 Å². The lowest BCUT2D eigenvalue weighted by Crippen LogP contribution is -2.18. The summed E-state index contributed by atoms with van der Waals surface area (Å²) in [4.78, 5) is 2.39. The van der Waals surface area contributed by atoms with Gasteiger partial charge in [0.05, 0.1) is 11.1 Å². The molecule has 24 heavy (non-hydrogen) atoms. The van der Waals surface area contributed by atoms with Gasteiger partial charge in [0.1, 0.15) is 0 Å². The van der Waals surface area contributed by atoms with Gasteiger partial charge < -0.3 is 0 Å². The molecule has 0 aromatic heterocycles. The SMILES string of the molecule is O=S(=O)(NN=Cc1ccc(-c2ccccc2)cc1)c1ccccc1. The van der Waals surface area contributed by atoms with Crippen molar-refractivity contribution in [3.8, 4) is 11.1 Å². The van der Waals surface area contributed by atoms with Gasteiger partial charge in [-0.2, -0.15) is 13.5 Å². The molecular weight excluding hydrogens is 320 g/mol. The zero-order valence-electron chi connectivity index (χ0n) is 12.8. The third-order valence-corrected chi connectivity index (χ3v) is 4.70. The van der Waals surface area contributed by atoms with Crippen LogP contribution in [0.4, 0.5) is 0 Å². The van der Waals surface area contributed by atoms with Crippen LogP contribution in [0.3, 0.4) is 0 Å². The third kappa shape index (κ3) is 3.88. The van der Waals surface area contributed by atoms with Gasteiger partial charge in [0, 0.05) is 0 Å². The first-order chi connectivity index (χ1) is 11.6. The zero-order chi connectivity index (χ0) is 16.8. The highest BCUT2D eigenvalue weighted by molar-refractivity contribution is 7.89. The van der Waals surface area contributed by atoms with E-state index in [1.165, 1.54) is 18.3 Å². The second kappa shape index (κ2) is 7.10. The van der Waals surface area contributed by atoms with Crippen LogP contribution < -0.4 is 4.83 Å². The normalized spacial score (nSPS) is 11.5. The van der Waals surface area contributed by atoms with Crippen LogP contribution in [-0.4, -0.2) is 14.6 Å². The summed E-state index contributed by atoms with van der Waals surface area (Å²) in [5, 5.41) is 3.83. The smallest absolute Gasteiger partial charge is 0.200 e. The first kappa shape index (κ1) is 16.0. The maximum atomic E-state index is 12.0. The van der Waals surface area contributed by atoms with Crippen molar-refractivity contribution in [1.29, 1.82) is 0 Å². The lowest BCUT2D eigenvalue weighted by atomic mass is 10.0. The van der Waals surface area contributed by atoms with E-state index in [2.05, 4.69) is 9.93 Å². The largest absolute Gasteiger partial charge is 0.276 e. The second-order valence-corrected chi connectivity index (χ2v) is 6.81. The van der Waals surface area contributed by atoms with Crippen LogP contribution >= 0.6 is 0 Å². The molecule has 3 aromatic carbocycles. The fraction of sp³-hybridized carbons (Fsp3) is 0. The van der Waals surface area contributed by atoms with Crippen molar-refractivity contribution in [2.45, 2.75) is 4.90 Å². The van der Waals surface area contributed by atoms with E-state index < -0.39 is 10.0 Å². The summed E-state index contributed by atoms with van der Waals surface area (Å²) < 4.78 is 24.1. The van der Waals surface area contributed by atoms with Crippen molar-refractivity contribution in [3.05, 3.63) is 90.5 Å². The number of nitrogens with one attached hydrogen (secondary N) is 1. The quantitative estimate of drug-likeness (QED) is 0.571. The molecule has 5 heteroatoms. The molecule has 0 spiro atoms. The molecule has 0 bridgehead atoms. The minimum Gasteiger partial charge on any atom is -0.200 e. The van der Waals surface area contributed by atoms with E-state index in [0.29, 0.717) is 0 Å². The highest BCUT2D eigenvalue weighted by Gasteiger charge is 2.10. The van der Waals surface area contributed by atoms with Gasteiger partial charge >= 0.3 is 0 Å². The van der Waals surface area contributed by atoms with Gasteiger partial charge in [-0.1, -0.05) is 72.8 Å². The van der Waals surface area contributed by atoms with E-state index in [1.54, 1.807) is 18.2 Å². The van der Waals surface area contributed by atoms with E-state index in [0.717, 1.165) is 16.7 Å².